The second-order valence-electron chi connectivity index (χ2n) is 5.21. The van der Waals surface area contributed by atoms with Crippen molar-refractivity contribution in [3.63, 3.8) is 0 Å². The van der Waals surface area contributed by atoms with E-state index in [1.165, 1.54) is 0 Å². The number of hydrogen-bond donors (Lipinski definition) is 2. The number of nitrogens with zero attached hydrogens (tertiary/aromatic N) is 1. The number of halogens is 1. The van der Waals surface area contributed by atoms with Gasteiger partial charge >= 0.3 is 0 Å². The molecule has 0 aliphatic carbocycles. The molecule has 1 aliphatic rings. The highest BCUT2D eigenvalue weighted by Crippen LogP contribution is 2.23. The Morgan fingerprint density at radius 2 is 2.19 bits per heavy atom. The van der Waals surface area contributed by atoms with Crippen molar-refractivity contribution in [2.45, 2.75) is 25.9 Å². The van der Waals surface area contributed by atoms with E-state index < -0.39 is 0 Å². The molecule has 0 saturated carbocycles. The monoisotopic (exact) mass is 311 g/mol. The van der Waals surface area contributed by atoms with Crippen LogP contribution < -0.4 is 11.1 Å². The van der Waals surface area contributed by atoms with Gasteiger partial charge in [-0.1, -0.05) is 11.6 Å². The molecule has 3 N–H and O–H groups in total. The topological polar surface area (TPSA) is 67.6 Å². The Bertz CT molecular complexity index is 488. The summed E-state index contributed by atoms with van der Waals surface area (Å²) in [6.45, 7) is 4.88. The number of carbonyl (C=O) groups excluding carboxylic acids is 1. The average Bonchev–Trinajstić information content (AvgIpc) is 2.45. The van der Waals surface area contributed by atoms with Crippen molar-refractivity contribution in [3.8, 4) is 0 Å². The third-order valence-electron chi connectivity index (χ3n) is 3.59. The second-order valence-corrected chi connectivity index (χ2v) is 5.65. The molecule has 6 heteroatoms. The summed E-state index contributed by atoms with van der Waals surface area (Å²) in [5, 5.41) is 3.37. The molecule has 1 aromatic rings. The van der Waals surface area contributed by atoms with Gasteiger partial charge in [-0.05, 0) is 38.0 Å². The Morgan fingerprint density at radius 3 is 2.86 bits per heavy atom. The normalized spacial score (nSPS) is 16.9. The average molecular weight is 312 g/mol. The highest BCUT2D eigenvalue weighted by Gasteiger charge is 2.21. The first kappa shape index (κ1) is 16.1. The molecule has 0 aromatic heterocycles. The van der Waals surface area contributed by atoms with Gasteiger partial charge in [-0.2, -0.15) is 0 Å². The minimum atomic E-state index is -0.0705. The zero-order chi connectivity index (χ0) is 15.2. The predicted molar refractivity (Wildman–Crippen MR) is 85.6 cm³/mol. The van der Waals surface area contributed by atoms with Crippen LogP contribution in [0.1, 0.15) is 19.8 Å². The van der Waals surface area contributed by atoms with Crippen LogP contribution in [0.4, 0.5) is 11.4 Å². The molecule has 0 bridgehead atoms. The van der Waals surface area contributed by atoms with Crippen LogP contribution in [0, 0.1) is 0 Å². The number of rotatable bonds is 5. The highest BCUT2D eigenvalue weighted by atomic mass is 35.5. The summed E-state index contributed by atoms with van der Waals surface area (Å²) in [4.78, 5) is 14.2. The maximum atomic E-state index is 12.1. The number of carbonyl (C=O) groups is 1. The van der Waals surface area contributed by atoms with Gasteiger partial charge in [-0.25, -0.2) is 0 Å². The number of nitrogens with one attached hydrogen (secondary N) is 1. The lowest BCUT2D eigenvalue weighted by atomic mass is 10.1. The first-order chi connectivity index (χ1) is 10.1. The summed E-state index contributed by atoms with van der Waals surface area (Å²) < 4.78 is 5.60. The lowest BCUT2D eigenvalue weighted by Gasteiger charge is -2.31. The first-order valence-corrected chi connectivity index (χ1v) is 7.65. The van der Waals surface area contributed by atoms with Crippen molar-refractivity contribution in [1.82, 2.24) is 4.90 Å². The number of benzene rings is 1. The fourth-order valence-electron chi connectivity index (χ4n) is 2.50. The van der Waals surface area contributed by atoms with Gasteiger partial charge < -0.3 is 15.8 Å². The number of nitrogens with two attached hydrogens (primary N) is 1. The number of anilines is 2. The van der Waals surface area contributed by atoms with E-state index in [4.69, 9.17) is 22.1 Å². The molecule has 1 amide bonds. The molecule has 116 valence electrons. The van der Waals surface area contributed by atoms with Crippen LogP contribution in [0.3, 0.4) is 0 Å². The molecular weight excluding hydrogens is 290 g/mol. The van der Waals surface area contributed by atoms with E-state index in [2.05, 4.69) is 10.2 Å². The maximum Gasteiger partial charge on any atom is 0.238 e. The summed E-state index contributed by atoms with van der Waals surface area (Å²) >= 11 is 5.91. The van der Waals surface area contributed by atoms with Crippen molar-refractivity contribution in [2.24, 2.45) is 0 Å². The van der Waals surface area contributed by atoms with Crippen LogP contribution in [-0.2, 0) is 9.53 Å². The van der Waals surface area contributed by atoms with E-state index >= 15 is 0 Å². The summed E-state index contributed by atoms with van der Waals surface area (Å²) in [7, 11) is 0. The molecule has 1 aromatic carbocycles. The highest BCUT2D eigenvalue weighted by molar-refractivity contribution is 6.31. The lowest BCUT2D eigenvalue weighted by Crippen LogP contribution is -2.41. The molecule has 0 spiro atoms. The van der Waals surface area contributed by atoms with Gasteiger partial charge in [0.25, 0.3) is 0 Å². The molecule has 1 heterocycles. The number of nitrogen functional groups attached to an aromatic ring is 1. The molecule has 0 unspecified atom stereocenters. The zero-order valence-electron chi connectivity index (χ0n) is 12.3. The van der Waals surface area contributed by atoms with Gasteiger partial charge in [-0.3, -0.25) is 9.69 Å². The molecule has 0 atom stereocenters. The Morgan fingerprint density at radius 1 is 1.48 bits per heavy atom. The standard InChI is InChI=1S/C15H22ClN3O2/c1-2-21-12-5-7-19(8-6-12)10-15(20)18-14-9-11(16)3-4-13(14)17/h3-4,9,12H,2,5-8,10,17H2,1H3,(H,18,20). The van der Waals surface area contributed by atoms with Crippen molar-refractivity contribution in [3.05, 3.63) is 23.2 Å². The molecule has 1 saturated heterocycles. The number of piperidine rings is 1. The number of amides is 1. The number of ether oxygens (including phenoxy) is 1. The predicted octanol–water partition coefficient (Wildman–Crippen LogP) is 2.36. The van der Waals surface area contributed by atoms with Crippen LogP contribution in [-0.4, -0.2) is 43.2 Å². The molecule has 2 rings (SSSR count). The lowest BCUT2D eigenvalue weighted by molar-refractivity contribution is -0.118. The quantitative estimate of drug-likeness (QED) is 0.819. The first-order valence-electron chi connectivity index (χ1n) is 7.27. The van der Waals surface area contributed by atoms with Crippen LogP contribution in [0.25, 0.3) is 0 Å². The van der Waals surface area contributed by atoms with Crippen molar-refractivity contribution in [2.75, 3.05) is 37.3 Å². The third-order valence-corrected chi connectivity index (χ3v) is 3.83. The third kappa shape index (κ3) is 4.88. The smallest absolute Gasteiger partial charge is 0.238 e. The van der Waals surface area contributed by atoms with Gasteiger partial charge in [0, 0.05) is 24.7 Å². The number of likely N-dealkylation sites (tertiary alicyclic amines) is 1. The van der Waals surface area contributed by atoms with Crippen molar-refractivity contribution >= 4 is 28.9 Å². The maximum absolute atomic E-state index is 12.1. The largest absolute Gasteiger partial charge is 0.397 e. The second kappa shape index (κ2) is 7.64. The van der Waals surface area contributed by atoms with Gasteiger partial charge in [-0.15, -0.1) is 0 Å². The Kier molecular flexibility index (Phi) is 5.85. The van der Waals surface area contributed by atoms with Crippen LogP contribution in [0.15, 0.2) is 18.2 Å². The summed E-state index contributed by atoms with van der Waals surface area (Å²) in [6, 6.07) is 5.05. The van der Waals surface area contributed by atoms with Gasteiger partial charge in [0.2, 0.25) is 5.91 Å². The van der Waals surface area contributed by atoms with Crippen molar-refractivity contribution < 1.29 is 9.53 Å². The van der Waals surface area contributed by atoms with Gasteiger partial charge in [0.1, 0.15) is 0 Å². The Hall–Kier alpha value is -1.30. The minimum Gasteiger partial charge on any atom is -0.397 e. The van der Waals surface area contributed by atoms with Crippen LogP contribution in [0.5, 0.6) is 0 Å². The SMILES string of the molecule is CCOC1CCN(CC(=O)Nc2cc(Cl)ccc2N)CC1. The minimum absolute atomic E-state index is 0.0705. The molecule has 1 fully saturated rings. The molecule has 5 nitrogen and oxygen atoms in total. The fraction of sp³-hybridized carbons (Fsp3) is 0.533. The van der Waals surface area contributed by atoms with E-state index in [0.29, 0.717) is 29.0 Å². The zero-order valence-corrected chi connectivity index (χ0v) is 13.0. The van der Waals surface area contributed by atoms with E-state index in [9.17, 15) is 4.79 Å². The van der Waals surface area contributed by atoms with Gasteiger partial charge in [0.05, 0.1) is 24.0 Å². The summed E-state index contributed by atoms with van der Waals surface area (Å²) in [5.41, 5.74) is 6.90. The summed E-state index contributed by atoms with van der Waals surface area (Å²) in [6.07, 6.45) is 2.28. The fourth-order valence-corrected chi connectivity index (χ4v) is 2.67. The molecule has 0 radical (unpaired) electrons. The Balaban J connectivity index is 1.81. The van der Waals surface area contributed by atoms with E-state index in [1.807, 2.05) is 6.92 Å². The molecular formula is C15H22ClN3O2. The molecule has 21 heavy (non-hydrogen) atoms. The number of hydrogen-bond acceptors (Lipinski definition) is 4. The molecule has 1 aliphatic heterocycles. The van der Waals surface area contributed by atoms with E-state index in [1.54, 1.807) is 18.2 Å². The van der Waals surface area contributed by atoms with Gasteiger partial charge in [0.15, 0.2) is 0 Å². The summed E-state index contributed by atoms with van der Waals surface area (Å²) in [5.74, 6) is -0.0705. The van der Waals surface area contributed by atoms with E-state index in [0.717, 1.165) is 32.5 Å². The van der Waals surface area contributed by atoms with Crippen LogP contribution in [0.2, 0.25) is 5.02 Å². The van der Waals surface area contributed by atoms with Crippen LogP contribution >= 0.6 is 11.6 Å². The van der Waals surface area contributed by atoms with Crippen molar-refractivity contribution in [1.29, 1.82) is 0 Å². The van der Waals surface area contributed by atoms with E-state index in [-0.39, 0.29) is 5.91 Å². The Labute approximate surface area is 130 Å².